The quantitative estimate of drug-likeness (QED) is 0.346. The predicted octanol–water partition coefficient (Wildman–Crippen LogP) is 3.17. The Balaban J connectivity index is 1.44. The number of nitrogens with zero attached hydrogens (tertiary/aromatic N) is 1. The van der Waals surface area contributed by atoms with E-state index in [1.165, 1.54) is 0 Å². The monoisotopic (exact) mass is 563 g/mol. The Morgan fingerprint density at radius 2 is 1.45 bits per heavy atom. The van der Waals surface area contributed by atoms with Crippen molar-refractivity contribution in [2.75, 3.05) is 32.1 Å². The maximum atomic E-state index is 13.6. The van der Waals surface area contributed by atoms with Crippen molar-refractivity contribution < 1.29 is 22.7 Å². The van der Waals surface area contributed by atoms with Gasteiger partial charge in [-0.2, -0.15) is 0 Å². The van der Waals surface area contributed by atoms with Crippen molar-refractivity contribution in [1.29, 1.82) is 0 Å². The molecule has 40 heavy (non-hydrogen) atoms. The van der Waals surface area contributed by atoms with Crippen molar-refractivity contribution in [3.8, 4) is 0 Å². The van der Waals surface area contributed by atoms with Gasteiger partial charge >= 0.3 is 0 Å². The van der Waals surface area contributed by atoms with Crippen LogP contribution >= 0.6 is 0 Å². The summed E-state index contributed by atoms with van der Waals surface area (Å²) in [6, 6.07) is 23.5. The van der Waals surface area contributed by atoms with Crippen LogP contribution in [0.5, 0.6) is 0 Å². The summed E-state index contributed by atoms with van der Waals surface area (Å²) >= 11 is 0. The first kappa shape index (κ1) is 29.6. The summed E-state index contributed by atoms with van der Waals surface area (Å²) in [4.78, 5) is 28.3. The SMILES string of the molecule is NC(CC(CCS(=O)(=O)c1ccccc1)C(=O)[C@@H](N)Cc1ccc(C(=O)N2CCOCC2)cc1)c1ccccc1. The van der Waals surface area contributed by atoms with E-state index in [-0.39, 0.29) is 41.6 Å². The lowest BCUT2D eigenvalue weighted by molar-refractivity contribution is -0.124. The number of carbonyl (C=O) groups is 2. The van der Waals surface area contributed by atoms with Crippen molar-refractivity contribution in [2.45, 2.75) is 36.2 Å². The topological polar surface area (TPSA) is 133 Å². The number of amides is 1. The lowest BCUT2D eigenvalue weighted by Gasteiger charge is -2.27. The summed E-state index contributed by atoms with van der Waals surface area (Å²) in [7, 11) is -3.57. The van der Waals surface area contributed by atoms with Gasteiger partial charge in [-0.3, -0.25) is 9.59 Å². The minimum Gasteiger partial charge on any atom is -0.378 e. The van der Waals surface area contributed by atoms with Gasteiger partial charge in [0.05, 0.1) is 29.9 Å². The molecule has 1 aliphatic rings. The zero-order valence-electron chi connectivity index (χ0n) is 22.5. The van der Waals surface area contributed by atoms with Crippen LogP contribution in [-0.2, 0) is 25.8 Å². The molecule has 4 rings (SSSR count). The van der Waals surface area contributed by atoms with Gasteiger partial charge in [0.2, 0.25) is 0 Å². The molecule has 0 saturated carbocycles. The van der Waals surface area contributed by atoms with Crippen LogP contribution < -0.4 is 11.5 Å². The molecule has 3 atom stereocenters. The molecule has 0 spiro atoms. The lowest BCUT2D eigenvalue weighted by atomic mass is 9.86. The Kier molecular flexibility index (Phi) is 10.2. The number of ether oxygens (including phenoxy) is 1. The molecule has 9 heteroatoms. The van der Waals surface area contributed by atoms with E-state index in [0.29, 0.717) is 31.9 Å². The number of hydrogen-bond acceptors (Lipinski definition) is 7. The van der Waals surface area contributed by atoms with Crippen LogP contribution in [0, 0.1) is 5.92 Å². The van der Waals surface area contributed by atoms with E-state index in [2.05, 4.69) is 0 Å². The Bertz CT molecular complexity index is 1360. The highest BCUT2D eigenvalue weighted by atomic mass is 32.2. The van der Waals surface area contributed by atoms with Crippen LogP contribution in [0.15, 0.2) is 89.8 Å². The molecule has 1 saturated heterocycles. The fraction of sp³-hybridized carbons (Fsp3) is 0.355. The molecule has 0 radical (unpaired) electrons. The van der Waals surface area contributed by atoms with Gasteiger partial charge in [-0.05, 0) is 54.7 Å². The first-order valence-corrected chi connectivity index (χ1v) is 15.2. The summed E-state index contributed by atoms with van der Waals surface area (Å²) in [6.45, 7) is 2.18. The molecule has 1 fully saturated rings. The number of carbonyl (C=O) groups excluding carboxylic acids is 2. The number of sulfone groups is 1. The molecule has 8 nitrogen and oxygen atoms in total. The summed E-state index contributed by atoms with van der Waals surface area (Å²) in [5, 5.41) is 0. The molecular formula is C31H37N3O5S. The molecule has 0 aliphatic carbocycles. The molecule has 0 aromatic heterocycles. The Morgan fingerprint density at radius 3 is 2.08 bits per heavy atom. The molecular weight excluding hydrogens is 526 g/mol. The third kappa shape index (κ3) is 7.85. The number of benzene rings is 3. The fourth-order valence-corrected chi connectivity index (χ4v) is 6.35. The van der Waals surface area contributed by atoms with Gasteiger partial charge in [-0.1, -0.05) is 60.7 Å². The molecule has 1 heterocycles. The standard InChI is InChI=1S/C31H37N3O5S/c32-28(24-7-3-1-4-8-24)22-26(15-20-40(37,38)27-9-5-2-6-10-27)30(35)29(33)21-23-11-13-25(14-12-23)31(36)34-16-18-39-19-17-34/h1-14,26,28-29H,15-22,32-33H2/t26?,28?,29-/m0/s1. The molecule has 1 amide bonds. The van der Waals surface area contributed by atoms with Gasteiger partial charge in [0, 0.05) is 30.6 Å². The van der Waals surface area contributed by atoms with Crippen LogP contribution in [0.3, 0.4) is 0 Å². The van der Waals surface area contributed by atoms with E-state index in [1.807, 2.05) is 42.5 Å². The zero-order valence-corrected chi connectivity index (χ0v) is 23.3. The summed E-state index contributed by atoms with van der Waals surface area (Å²) in [5.74, 6) is -1.08. The van der Waals surface area contributed by atoms with Crippen LogP contribution in [0.1, 0.15) is 40.4 Å². The number of ketones is 1. The van der Waals surface area contributed by atoms with Crippen molar-refractivity contribution in [1.82, 2.24) is 4.90 Å². The van der Waals surface area contributed by atoms with E-state index in [0.717, 1.165) is 11.1 Å². The minimum atomic E-state index is -3.57. The van der Waals surface area contributed by atoms with Crippen LogP contribution in [0.4, 0.5) is 0 Å². The second kappa shape index (κ2) is 13.8. The molecule has 2 unspecified atom stereocenters. The van der Waals surface area contributed by atoms with Crippen molar-refractivity contribution in [3.63, 3.8) is 0 Å². The Morgan fingerprint density at radius 1 is 0.850 bits per heavy atom. The van der Waals surface area contributed by atoms with E-state index in [1.54, 1.807) is 47.4 Å². The van der Waals surface area contributed by atoms with E-state index >= 15 is 0 Å². The number of morpholine rings is 1. The molecule has 3 aromatic rings. The molecule has 212 valence electrons. The smallest absolute Gasteiger partial charge is 0.254 e. The third-order valence-electron chi connectivity index (χ3n) is 7.33. The summed E-state index contributed by atoms with van der Waals surface area (Å²) in [5.41, 5.74) is 15.1. The van der Waals surface area contributed by atoms with Crippen LogP contribution in [0.25, 0.3) is 0 Å². The predicted molar refractivity (Wildman–Crippen MR) is 154 cm³/mol. The number of rotatable bonds is 12. The largest absolute Gasteiger partial charge is 0.378 e. The summed E-state index contributed by atoms with van der Waals surface area (Å²) < 4.78 is 31.2. The maximum absolute atomic E-state index is 13.6. The van der Waals surface area contributed by atoms with Gasteiger partial charge < -0.3 is 21.1 Å². The van der Waals surface area contributed by atoms with Gasteiger partial charge in [0.1, 0.15) is 0 Å². The lowest BCUT2D eigenvalue weighted by Crippen LogP contribution is -2.40. The average molecular weight is 564 g/mol. The van der Waals surface area contributed by atoms with Gasteiger partial charge in [0.25, 0.3) is 5.91 Å². The number of hydrogen-bond donors (Lipinski definition) is 2. The molecule has 0 bridgehead atoms. The summed E-state index contributed by atoms with van der Waals surface area (Å²) in [6.07, 6.45) is 0.679. The van der Waals surface area contributed by atoms with Gasteiger partial charge in [-0.15, -0.1) is 0 Å². The normalized spacial score (nSPS) is 16.2. The highest BCUT2D eigenvalue weighted by Gasteiger charge is 2.29. The van der Waals surface area contributed by atoms with Crippen molar-refractivity contribution in [2.24, 2.45) is 17.4 Å². The van der Waals surface area contributed by atoms with Gasteiger partial charge in [-0.25, -0.2) is 8.42 Å². The minimum absolute atomic E-state index is 0.0511. The van der Waals surface area contributed by atoms with Crippen molar-refractivity contribution >= 4 is 21.5 Å². The number of Topliss-reactive ketones (excluding diaryl/α,β-unsaturated/α-hetero) is 1. The molecule has 3 aromatic carbocycles. The second-order valence-electron chi connectivity index (χ2n) is 10.2. The Labute approximate surface area is 236 Å². The molecule has 1 aliphatic heterocycles. The first-order chi connectivity index (χ1) is 19.2. The zero-order chi connectivity index (χ0) is 28.5. The van der Waals surface area contributed by atoms with E-state index < -0.39 is 27.8 Å². The fourth-order valence-electron chi connectivity index (χ4n) is 4.95. The second-order valence-corrected chi connectivity index (χ2v) is 12.3. The maximum Gasteiger partial charge on any atom is 0.254 e. The van der Waals surface area contributed by atoms with Crippen LogP contribution in [0.2, 0.25) is 0 Å². The first-order valence-electron chi connectivity index (χ1n) is 13.6. The Hall–Kier alpha value is -3.37. The van der Waals surface area contributed by atoms with E-state index in [4.69, 9.17) is 16.2 Å². The third-order valence-corrected chi connectivity index (χ3v) is 9.09. The highest BCUT2D eigenvalue weighted by molar-refractivity contribution is 7.91. The average Bonchev–Trinajstić information content (AvgIpc) is 3.00. The van der Waals surface area contributed by atoms with Crippen LogP contribution in [-0.4, -0.2) is 63.1 Å². The molecule has 4 N–H and O–H groups in total. The van der Waals surface area contributed by atoms with Gasteiger partial charge in [0.15, 0.2) is 15.6 Å². The number of nitrogens with two attached hydrogens (primary N) is 2. The highest BCUT2D eigenvalue weighted by Crippen LogP contribution is 2.25. The van der Waals surface area contributed by atoms with Crippen molar-refractivity contribution in [3.05, 3.63) is 102 Å². The van der Waals surface area contributed by atoms with E-state index in [9.17, 15) is 18.0 Å².